The molecule has 2 aromatic rings. The van der Waals surface area contributed by atoms with Crippen LogP contribution < -0.4 is 10.1 Å². The molecule has 0 fully saturated rings. The summed E-state index contributed by atoms with van der Waals surface area (Å²) in [5.41, 5.74) is 2.29. The smallest absolute Gasteiger partial charge is 0.119 e. The van der Waals surface area contributed by atoms with Crippen molar-refractivity contribution in [1.29, 1.82) is 0 Å². The summed E-state index contributed by atoms with van der Waals surface area (Å²) in [6.07, 6.45) is 2.08. The van der Waals surface area contributed by atoms with Crippen LogP contribution in [0.3, 0.4) is 0 Å². The zero-order valence-electron chi connectivity index (χ0n) is 10.9. The van der Waals surface area contributed by atoms with E-state index in [1.165, 1.54) is 10.5 Å². The van der Waals surface area contributed by atoms with E-state index in [9.17, 15) is 0 Å². The van der Waals surface area contributed by atoms with Crippen molar-refractivity contribution >= 4 is 33.4 Å². The van der Waals surface area contributed by atoms with Crippen molar-refractivity contribution in [2.24, 2.45) is 0 Å². The molecule has 4 heteroatoms. The van der Waals surface area contributed by atoms with Gasteiger partial charge in [-0.3, -0.25) is 0 Å². The average Bonchev–Trinajstić information content (AvgIpc) is 2.47. The molecule has 0 heterocycles. The molecule has 0 aliphatic rings. The number of thioether (sulfide) groups is 1. The quantitative estimate of drug-likeness (QED) is 0.792. The molecular weight excluding hydrogens is 322 g/mol. The van der Waals surface area contributed by atoms with E-state index in [1.54, 1.807) is 18.9 Å². The van der Waals surface area contributed by atoms with Crippen LogP contribution in [0.2, 0.25) is 0 Å². The highest BCUT2D eigenvalue weighted by molar-refractivity contribution is 9.10. The van der Waals surface area contributed by atoms with Gasteiger partial charge >= 0.3 is 0 Å². The molecule has 1 N–H and O–H groups in total. The zero-order chi connectivity index (χ0) is 13.7. The van der Waals surface area contributed by atoms with Crippen molar-refractivity contribution in [3.63, 3.8) is 0 Å². The third-order valence-electron chi connectivity index (χ3n) is 2.83. The number of hydrogen-bond acceptors (Lipinski definition) is 3. The Balaban J connectivity index is 2.05. The first kappa shape index (κ1) is 14.3. The lowest BCUT2D eigenvalue weighted by Crippen LogP contribution is -2.00. The lowest BCUT2D eigenvalue weighted by atomic mass is 10.2. The molecule has 2 nitrogen and oxygen atoms in total. The minimum absolute atomic E-state index is 0.760. The number of benzene rings is 2. The van der Waals surface area contributed by atoms with Gasteiger partial charge in [-0.2, -0.15) is 0 Å². The summed E-state index contributed by atoms with van der Waals surface area (Å²) in [5.74, 6) is 0.873. The molecule has 0 aliphatic heterocycles. The number of nitrogens with one attached hydrogen (secondary N) is 1. The van der Waals surface area contributed by atoms with E-state index in [4.69, 9.17) is 4.74 Å². The van der Waals surface area contributed by atoms with Crippen LogP contribution in [0.5, 0.6) is 5.75 Å². The van der Waals surface area contributed by atoms with Gasteiger partial charge in [0.15, 0.2) is 0 Å². The Morgan fingerprint density at radius 3 is 2.53 bits per heavy atom. The van der Waals surface area contributed by atoms with E-state index in [-0.39, 0.29) is 0 Å². The molecule has 0 spiro atoms. The Bertz CT molecular complexity index is 542. The molecule has 0 unspecified atom stereocenters. The fraction of sp³-hybridized carbons (Fsp3) is 0.200. The van der Waals surface area contributed by atoms with Crippen LogP contribution in [0.4, 0.5) is 5.69 Å². The van der Waals surface area contributed by atoms with Crippen molar-refractivity contribution in [3.8, 4) is 5.75 Å². The highest BCUT2D eigenvalue weighted by Gasteiger charge is 2.02. The third-order valence-corrected chi connectivity index (χ3v) is 4.34. The van der Waals surface area contributed by atoms with Gasteiger partial charge in [-0.1, -0.05) is 15.9 Å². The minimum Gasteiger partial charge on any atom is -0.497 e. The maximum Gasteiger partial charge on any atom is 0.119 e. The van der Waals surface area contributed by atoms with Crippen LogP contribution in [-0.4, -0.2) is 13.4 Å². The normalized spacial score (nSPS) is 10.3. The van der Waals surface area contributed by atoms with Crippen LogP contribution in [0.15, 0.2) is 51.8 Å². The topological polar surface area (TPSA) is 21.3 Å². The van der Waals surface area contributed by atoms with Gasteiger partial charge in [0.1, 0.15) is 5.75 Å². The van der Waals surface area contributed by atoms with Crippen LogP contribution >= 0.6 is 27.7 Å². The van der Waals surface area contributed by atoms with Crippen molar-refractivity contribution in [2.75, 3.05) is 18.7 Å². The van der Waals surface area contributed by atoms with E-state index in [0.29, 0.717) is 0 Å². The first-order valence-corrected chi connectivity index (χ1v) is 7.95. The highest BCUT2D eigenvalue weighted by atomic mass is 79.9. The molecule has 0 atom stereocenters. The van der Waals surface area contributed by atoms with Crippen molar-refractivity contribution in [3.05, 3.63) is 52.5 Å². The molecule has 2 rings (SSSR count). The molecule has 0 aliphatic carbocycles. The third kappa shape index (κ3) is 3.91. The summed E-state index contributed by atoms with van der Waals surface area (Å²) in [7, 11) is 1.68. The Labute approximate surface area is 126 Å². The predicted octanol–water partition coefficient (Wildman–Crippen LogP) is 4.79. The molecular formula is C15H16BrNOS. The Kier molecular flexibility index (Phi) is 5.16. The molecule has 0 saturated carbocycles. The second-order valence-corrected chi connectivity index (χ2v) is 5.77. The number of halogens is 1. The first-order chi connectivity index (χ1) is 9.22. The number of anilines is 1. The standard InChI is InChI=1S/C15H16BrNOS/c1-18-13-5-8-15(16)11(9-13)10-17-12-3-6-14(19-2)7-4-12/h3-9,17H,10H2,1-2H3. The second kappa shape index (κ2) is 6.87. The van der Waals surface area contributed by atoms with E-state index in [0.717, 1.165) is 22.5 Å². The van der Waals surface area contributed by atoms with Crippen LogP contribution in [0, 0.1) is 0 Å². The predicted molar refractivity (Wildman–Crippen MR) is 86.2 cm³/mol. The molecule has 0 bridgehead atoms. The Morgan fingerprint density at radius 1 is 1.16 bits per heavy atom. The van der Waals surface area contributed by atoms with Gasteiger partial charge in [-0.25, -0.2) is 0 Å². The van der Waals surface area contributed by atoms with E-state index in [2.05, 4.69) is 51.8 Å². The highest BCUT2D eigenvalue weighted by Crippen LogP contribution is 2.24. The number of hydrogen-bond donors (Lipinski definition) is 1. The molecule has 0 aromatic heterocycles. The largest absolute Gasteiger partial charge is 0.497 e. The maximum absolute atomic E-state index is 5.24. The lowest BCUT2D eigenvalue weighted by molar-refractivity contribution is 0.414. The van der Waals surface area contributed by atoms with Gasteiger partial charge in [0, 0.05) is 21.6 Å². The lowest BCUT2D eigenvalue weighted by Gasteiger charge is -2.10. The van der Waals surface area contributed by atoms with Crippen molar-refractivity contribution in [1.82, 2.24) is 0 Å². The summed E-state index contributed by atoms with van der Waals surface area (Å²) in [6.45, 7) is 0.760. The number of methoxy groups -OCH3 is 1. The van der Waals surface area contributed by atoms with Gasteiger partial charge in [0.2, 0.25) is 0 Å². The molecule has 0 radical (unpaired) electrons. The van der Waals surface area contributed by atoms with Crippen LogP contribution in [0.1, 0.15) is 5.56 Å². The zero-order valence-corrected chi connectivity index (χ0v) is 13.3. The van der Waals surface area contributed by atoms with Gasteiger partial charge in [-0.15, -0.1) is 11.8 Å². The Morgan fingerprint density at radius 2 is 1.89 bits per heavy atom. The molecule has 19 heavy (non-hydrogen) atoms. The number of ether oxygens (including phenoxy) is 1. The summed E-state index contributed by atoms with van der Waals surface area (Å²) in [4.78, 5) is 1.27. The molecule has 0 saturated heterocycles. The van der Waals surface area contributed by atoms with Crippen LogP contribution in [0.25, 0.3) is 0 Å². The fourth-order valence-corrected chi connectivity index (χ4v) is 2.51. The average molecular weight is 338 g/mol. The summed E-state index contributed by atoms with van der Waals surface area (Å²) in [6, 6.07) is 14.4. The van der Waals surface area contributed by atoms with Gasteiger partial charge in [-0.05, 0) is 54.3 Å². The maximum atomic E-state index is 5.24. The van der Waals surface area contributed by atoms with Crippen molar-refractivity contribution in [2.45, 2.75) is 11.4 Å². The molecule has 0 amide bonds. The van der Waals surface area contributed by atoms with Gasteiger partial charge in [0.05, 0.1) is 7.11 Å². The van der Waals surface area contributed by atoms with E-state index >= 15 is 0 Å². The Hall–Kier alpha value is -1.13. The van der Waals surface area contributed by atoms with E-state index in [1.807, 2.05) is 18.2 Å². The van der Waals surface area contributed by atoms with Crippen molar-refractivity contribution < 1.29 is 4.74 Å². The first-order valence-electron chi connectivity index (χ1n) is 5.93. The molecule has 2 aromatic carbocycles. The number of rotatable bonds is 5. The van der Waals surface area contributed by atoms with E-state index < -0.39 is 0 Å². The second-order valence-electron chi connectivity index (χ2n) is 4.04. The summed E-state index contributed by atoms with van der Waals surface area (Å²) >= 11 is 5.30. The monoisotopic (exact) mass is 337 g/mol. The molecule has 100 valence electrons. The summed E-state index contributed by atoms with van der Waals surface area (Å²) < 4.78 is 6.33. The minimum atomic E-state index is 0.760. The SMILES string of the molecule is COc1ccc(Br)c(CNc2ccc(SC)cc2)c1. The van der Waals surface area contributed by atoms with Gasteiger partial charge < -0.3 is 10.1 Å². The van der Waals surface area contributed by atoms with Gasteiger partial charge in [0.25, 0.3) is 0 Å². The fourth-order valence-electron chi connectivity index (χ4n) is 1.72. The van der Waals surface area contributed by atoms with Crippen LogP contribution in [-0.2, 0) is 6.54 Å². The summed E-state index contributed by atoms with van der Waals surface area (Å²) in [5, 5.41) is 3.41.